The molecule has 0 aliphatic carbocycles. The van der Waals surface area contributed by atoms with Crippen LogP contribution in [0.15, 0.2) is 104 Å². The zero-order valence-corrected chi connectivity index (χ0v) is 23.5. The van der Waals surface area contributed by atoms with Crippen molar-refractivity contribution in [2.75, 3.05) is 10.9 Å². The van der Waals surface area contributed by atoms with Crippen LogP contribution in [-0.4, -0.2) is 32.5 Å². The summed E-state index contributed by atoms with van der Waals surface area (Å²) in [4.78, 5) is 20.4. The minimum atomic E-state index is -0.536. The van der Waals surface area contributed by atoms with Gasteiger partial charge in [0.25, 0.3) is 11.4 Å². The molecule has 0 aromatic heterocycles. The zero-order valence-electron chi connectivity index (χ0n) is 20.3. The fourth-order valence-corrected chi connectivity index (χ4v) is 3.92. The monoisotopic (exact) mass is 670 g/mol. The summed E-state index contributed by atoms with van der Waals surface area (Å²) < 4.78 is 0.487. The summed E-state index contributed by atoms with van der Waals surface area (Å²) >= 11 is 6.13. The van der Waals surface area contributed by atoms with Crippen LogP contribution >= 0.6 is 31.9 Å². The summed E-state index contributed by atoms with van der Waals surface area (Å²) in [6.45, 7) is 0. The number of non-ortho nitro benzene ring substituents is 2. The second-order valence-electron chi connectivity index (χ2n) is 7.72. The Morgan fingerprint density at radius 2 is 1.00 bits per heavy atom. The van der Waals surface area contributed by atoms with E-state index in [4.69, 9.17) is 0 Å². The molecule has 0 aliphatic heterocycles. The van der Waals surface area contributed by atoms with E-state index in [0.717, 1.165) is 11.4 Å². The number of nitrogens with one attached hydrogen (secondary N) is 2. The van der Waals surface area contributed by atoms with Crippen molar-refractivity contribution in [3.05, 3.63) is 125 Å². The van der Waals surface area contributed by atoms with Gasteiger partial charge in [0.15, 0.2) is 0 Å². The first-order valence-electron chi connectivity index (χ1n) is 11.2. The third kappa shape index (κ3) is 8.61. The van der Waals surface area contributed by atoms with Crippen LogP contribution in [0.2, 0.25) is 0 Å². The standard InChI is InChI=1S/2C13H10BrN3O3/c2*14-12-7-11(17(19)20)6-9(13(12)18)8-15-16-10-4-2-1-3-5-10/h2*1-8,16,18H/b2*15-8+. The lowest BCUT2D eigenvalue weighted by Gasteiger charge is -2.02. The summed E-state index contributed by atoms with van der Waals surface area (Å²) in [7, 11) is 0. The molecular formula is C26H20Br2N6O6. The predicted molar refractivity (Wildman–Crippen MR) is 160 cm³/mol. The molecule has 0 aliphatic rings. The molecule has 0 heterocycles. The molecule has 0 bridgehead atoms. The molecular weight excluding hydrogens is 652 g/mol. The Kier molecular flexibility index (Phi) is 10.7. The van der Waals surface area contributed by atoms with Gasteiger partial charge in [-0.2, -0.15) is 10.2 Å². The highest BCUT2D eigenvalue weighted by atomic mass is 79.9. The number of hydrogen-bond acceptors (Lipinski definition) is 10. The summed E-state index contributed by atoms with van der Waals surface area (Å²) in [6, 6.07) is 23.4. The molecule has 0 saturated carbocycles. The Hall–Kier alpha value is -4.82. The van der Waals surface area contributed by atoms with Crippen molar-refractivity contribution in [2.24, 2.45) is 10.2 Å². The molecule has 0 fully saturated rings. The van der Waals surface area contributed by atoms with Crippen molar-refractivity contribution in [1.82, 2.24) is 0 Å². The van der Waals surface area contributed by atoms with Crippen LogP contribution in [0.5, 0.6) is 11.5 Å². The highest BCUT2D eigenvalue weighted by Gasteiger charge is 2.14. The average molecular weight is 672 g/mol. The number of nitrogens with zero attached hydrogens (tertiary/aromatic N) is 4. The Balaban J connectivity index is 0.000000220. The number of para-hydroxylation sites is 2. The van der Waals surface area contributed by atoms with Gasteiger partial charge < -0.3 is 10.2 Å². The van der Waals surface area contributed by atoms with E-state index in [1.165, 1.54) is 36.7 Å². The van der Waals surface area contributed by atoms with Gasteiger partial charge in [0.2, 0.25) is 0 Å². The summed E-state index contributed by atoms with van der Waals surface area (Å²) in [5.41, 5.74) is 7.30. The molecule has 0 atom stereocenters. The molecule has 40 heavy (non-hydrogen) atoms. The van der Waals surface area contributed by atoms with Crippen LogP contribution < -0.4 is 10.9 Å². The second kappa shape index (κ2) is 14.4. The first-order chi connectivity index (χ1) is 19.2. The predicted octanol–water partition coefficient (Wildman–Crippen LogP) is 7.02. The van der Waals surface area contributed by atoms with E-state index in [2.05, 4.69) is 52.9 Å². The first kappa shape index (κ1) is 29.7. The van der Waals surface area contributed by atoms with Gasteiger partial charge in [0, 0.05) is 35.4 Å². The number of halogens is 2. The summed E-state index contributed by atoms with van der Waals surface area (Å²) in [5, 5.41) is 49.0. The van der Waals surface area contributed by atoms with Gasteiger partial charge in [0.05, 0.1) is 42.6 Å². The zero-order chi connectivity index (χ0) is 29.1. The number of aromatic hydroxyl groups is 2. The third-order valence-corrected chi connectivity index (χ3v) is 6.13. The number of benzene rings is 4. The second-order valence-corrected chi connectivity index (χ2v) is 9.43. The number of phenols is 2. The number of phenolic OH excluding ortho intramolecular Hbond substituents is 2. The van der Waals surface area contributed by atoms with E-state index in [0.29, 0.717) is 0 Å². The molecule has 4 rings (SSSR count). The quantitative estimate of drug-likeness (QED) is 0.0878. The normalized spacial score (nSPS) is 10.7. The van der Waals surface area contributed by atoms with Gasteiger partial charge in [-0.25, -0.2) is 0 Å². The van der Waals surface area contributed by atoms with Gasteiger partial charge in [-0.15, -0.1) is 0 Å². The smallest absolute Gasteiger partial charge is 0.271 e. The van der Waals surface area contributed by atoms with E-state index in [9.17, 15) is 30.4 Å². The van der Waals surface area contributed by atoms with E-state index in [1.54, 1.807) is 0 Å². The topological polar surface area (TPSA) is 176 Å². The van der Waals surface area contributed by atoms with E-state index in [-0.39, 0.29) is 42.9 Å². The molecule has 4 aromatic carbocycles. The molecule has 0 spiro atoms. The highest BCUT2D eigenvalue weighted by molar-refractivity contribution is 9.11. The minimum absolute atomic E-state index is 0.103. The first-order valence-corrected chi connectivity index (χ1v) is 12.8. The number of hydrogen-bond donors (Lipinski definition) is 4. The Morgan fingerprint density at radius 1 is 0.650 bits per heavy atom. The SMILES string of the molecule is O=[N+]([O-])c1cc(Br)c(O)c(/C=N/Nc2ccccc2)c1.O=[N+]([O-])c1cc(Br)c(O)c(/C=N/Nc2ccccc2)c1. The molecule has 14 heteroatoms. The van der Waals surface area contributed by atoms with E-state index in [1.807, 2.05) is 60.7 Å². The number of hydrazone groups is 2. The van der Waals surface area contributed by atoms with E-state index < -0.39 is 9.85 Å². The van der Waals surface area contributed by atoms with Crippen LogP contribution in [0.25, 0.3) is 0 Å². The molecule has 4 aromatic rings. The van der Waals surface area contributed by atoms with Crippen molar-refractivity contribution in [2.45, 2.75) is 0 Å². The van der Waals surface area contributed by atoms with Crippen LogP contribution in [0.3, 0.4) is 0 Å². The minimum Gasteiger partial charge on any atom is -0.506 e. The fraction of sp³-hybridized carbons (Fsp3) is 0. The van der Waals surface area contributed by atoms with Crippen molar-refractivity contribution < 1.29 is 20.1 Å². The van der Waals surface area contributed by atoms with Gasteiger partial charge in [-0.3, -0.25) is 31.1 Å². The average Bonchev–Trinajstić information content (AvgIpc) is 2.94. The molecule has 0 radical (unpaired) electrons. The molecule has 12 nitrogen and oxygen atoms in total. The molecule has 204 valence electrons. The number of nitro groups is 2. The summed E-state index contributed by atoms with van der Waals surface area (Å²) in [6.07, 6.45) is 2.64. The number of anilines is 2. The van der Waals surface area contributed by atoms with Crippen molar-refractivity contribution >= 4 is 67.0 Å². The van der Waals surface area contributed by atoms with Gasteiger partial charge in [-0.1, -0.05) is 36.4 Å². The maximum atomic E-state index is 10.8. The number of nitro benzene ring substituents is 2. The summed E-state index contributed by atoms with van der Waals surface area (Å²) in [5.74, 6) is -0.205. The third-order valence-electron chi connectivity index (χ3n) is 4.92. The Bertz CT molecular complexity index is 1440. The highest BCUT2D eigenvalue weighted by Crippen LogP contribution is 2.32. The lowest BCUT2D eigenvalue weighted by atomic mass is 10.2. The Labute approximate surface area is 244 Å². The maximum absolute atomic E-state index is 10.8. The van der Waals surface area contributed by atoms with Gasteiger partial charge >= 0.3 is 0 Å². The van der Waals surface area contributed by atoms with Crippen molar-refractivity contribution in [1.29, 1.82) is 0 Å². The van der Waals surface area contributed by atoms with Crippen LogP contribution in [0, 0.1) is 20.2 Å². The van der Waals surface area contributed by atoms with Crippen LogP contribution in [0.4, 0.5) is 22.7 Å². The van der Waals surface area contributed by atoms with E-state index >= 15 is 0 Å². The molecule has 4 N–H and O–H groups in total. The lowest BCUT2D eigenvalue weighted by Crippen LogP contribution is -1.94. The maximum Gasteiger partial charge on any atom is 0.271 e. The van der Waals surface area contributed by atoms with Gasteiger partial charge in [0.1, 0.15) is 11.5 Å². The molecule has 0 saturated heterocycles. The van der Waals surface area contributed by atoms with Gasteiger partial charge in [-0.05, 0) is 56.1 Å². The fourth-order valence-electron chi connectivity index (χ4n) is 3.00. The largest absolute Gasteiger partial charge is 0.506 e. The molecule has 0 unspecified atom stereocenters. The number of rotatable bonds is 8. The molecule has 0 amide bonds. The van der Waals surface area contributed by atoms with Crippen molar-refractivity contribution in [3.8, 4) is 11.5 Å². The van der Waals surface area contributed by atoms with Crippen LogP contribution in [-0.2, 0) is 0 Å². The van der Waals surface area contributed by atoms with Crippen molar-refractivity contribution in [3.63, 3.8) is 0 Å². The lowest BCUT2D eigenvalue weighted by molar-refractivity contribution is -0.385. The Morgan fingerprint density at radius 3 is 1.32 bits per heavy atom. The van der Waals surface area contributed by atoms with Crippen LogP contribution in [0.1, 0.15) is 11.1 Å².